The number of para-hydroxylation sites is 1. The fourth-order valence-corrected chi connectivity index (χ4v) is 1.39. The van der Waals surface area contributed by atoms with E-state index >= 15 is 0 Å². The zero-order valence-corrected chi connectivity index (χ0v) is 9.62. The average molecular weight is 253 g/mol. The quantitative estimate of drug-likeness (QED) is 0.801. The summed E-state index contributed by atoms with van der Waals surface area (Å²) in [7, 11) is 0. The zero-order valence-electron chi connectivity index (χ0n) is 7.35. The summed E-state index contributed by atoms with van der Waals surface area (Å²) in [5.74, 6) is -0.332. The molecule has 0 bridgehead atoms. The molecule has 14 heavy (non-hydrogen) atoms. The summed E-state index contributed by atoms with van der Waals surface area (Å²) in [4.78, 5) is 11.3. The van der Waals surface area contributed by atoms with Crippen LogP contribution in [0.3, 0.4) is 0 Å². The molecular weight excluding hydrogens is 244 g/mol. The standard InChI is InChI=1S/C9H8Cl3NO/c1-5(10)9(14)13-8-6(11)3-2-4-7(8)12/h2-5H,1H3,(H,13,14)/t5-/m1/s1. The molecule has 0 radical (unpaired) electrons. The Balaban J connectivity index is 2.91. The molecule has 1 N–H and O–H groups in total. The van der Waals surface area contributed by atoms with Gasteiger partial charge in [0.05, 0.1) is 15.7 Å². The summed E-state index contributed by atoms with van der Waals surface area (Å²) < 4.78 is 0. The van der Waals surface area contributed by atoms with Crippen molar-refractivity contribution in [2.24, 2.45) is 0 Å². The molecule has 0 aromatic heterocycles. The van der Waals surface area contributed by atoms with Crippen LogP contribution in [0.5, 0.6) is 0 Å². The summed E-state index contributed by atoms with van der Waals surface area (Å²) in [5.41, 5.74) is 0.397. The van der Waals surface area contributed by atoms with Gasteiger partial charge in [0.2, 0.25) is 5.91 Å². The maximum Gasteiger partial charge on any atom is 0.242 e. The van der Waals surface area contributed by atoms with E-state index in [2.05, 4.69) is 5.32 Å². The fourth-order valence-electron chi connectivity index (χ4n) is 0.840. The van der Waals surface area contributed by atoms with Gasteiger partial charge in [-0.15, -0.1) is 11.6 Å². The van der Waals surface area contributed by atoms with Gasteiger partial charge in [-0.2, -0.15) is 0 Å². The minimum Gasteiger partial charge on any atom is -0.322 e. The van der Waals surface area contributed by atoms with Crippen LogP contribution in [0.15, 0.2) is 18.2 Å². The number of rotatable bonds is 2. The molecule has 0 aliphatic heterocycles. The summed E-state index contributed by atoms with van der Waals surface area (Å²) in [6.45, 7) is 1.57. The monoisotopic (exact) mass is 251 g/mol. The highest BCUT2D eigenvalue weighted by molar-refractivity contribution is 6.40. The van der Waals surface area contributed by atoms with Gasteiger partial charge in [0.15, 0.2) is 0 Å². The predicted molar refractivity (Wildman–Crippen MR) is 60.4 cm³/mol. The number of alkyl halides is 1. The van der Waals surface area contributed by atoms with Crippen molar-refractivity contribution in [3.05, 3.63) is 28.2 Å². The van der Waals surface area contributed by atoms with Gasteiger partial charge in [-0.05, 0) is 19.1 Å². The van der Waals surface area contributed by atoms with Crippen molar-refractivity contribution in [3.63, 3.8) is 0 Å². The third-order valence-corrected chi connectivity index (χ3v) is 2.40. The van der Waals surface area contributed by atoms with E-state index in [-0.39, 0.29) is 5.91 Å². The summed E-state index contributed by atoms with van der Waals surface area (Å²) in [6.07, 6.45) is 0. The van der Waals surface area contributed by atoms with E-state index in [1.807, 2.05) is 0 Å². The molecule has 0 saturated carbocycles. The lowest BCUT2D eigenvalue weighted by Gasteiger charge is -2.09. The molecule has 0 heterocycles. The third kappa shape index (κ3) is 2.77. The van der Waals surface area contributed by atoms with Crippen molar-refractivity contribution in [1.82, 2.24) is 0 Å². The molecule has 5 heteroatoms. The predicted octanol–water partition coefficient (Wildman–Crippen LogP) is 3.56. The van der Waals surface area contributed by atoms with Crippen molar-refractivity contribution in [2.45, 2.75) is 12.3 Å². The first-order chi connectivity index (χ1) is 6.52. The summed E-state index contributed by atoms with van der Waals surface area (Å²) >= 11 is 17.3. The van der Waals surface area contributed by atoms with Gasteiger partial charge < -0.3 is 5.32 Å². The molecule has 1 rings (SSSR count). The molecule has 0 aliphatic rings. The Kier molecular flexibility index (Phi) is 4.05. The molecule has 1 amide bonds. The van der Waals surface area contributed by atoms with Gasteiger partial charge in [-0.3, -0.25) is 4.79 Å². The molecule has 0 unspecified atom stereocenters. The van der Waals surface area contributed by atoms with E-state index in [4.69, 9.17) is 34.8 Å². The van der Waals surface area contributed by atoms with E-state index in [9.17, 15) is 4.79 Å². The first-order valence-corrected chi connectivity index (χ1v) is 5.10. The van der Waals surface area contributed by atoms with Crippen LogP contribution in [-0.2, 0) is 4.79 Å². The zero-order chi connectivity index (χ0) is 10.7. The van der Waals surface area contributed by atoms with Crippen molar-refractivity contribution in [2.75, 3.05) is 5.32 Å². The molecule has 0 spiro atoms. The molecule has 2 nitrogen and oxygen atoms in total. The van der Waals surface area contributed by atoms with Gasteiger partial charge in [0, 0.05) is 0 Å². The van der Waals surface area contributed by atoms with E-state index < -0.39 is 5.38 Å². The number of amides is 1. The molecular formula is C9H8Cl3NO. The third-order valence-electron chi connectivity index (χ3n) is 1.57. The van der Waals surface area contributed by atoms with E-state index in [0.717, 1.165) is 0 Å². The van der Waals surface area contributed by atoms with Crippen LogP contribution in [0.1, 0.15) is 6.92 Å². The number of carbonyl (C=O) groups is 1. The number of anilines is 1. The van der Waals surface area contributed by atoms with Gasteiger partial charge in [0.1, 0.15) is 5.38 Å². The van der Waals surface area contributed by atoms with Crippen LogP contribution < -0.4 is 5.32 Å². The van der Waals surface area contributed by atoms with E-state index in [1.54, 1.807) is 25.1 Å². The number of hydrogen-bond donors (Lipinski definition) is 1. The van der Waals surface area contributed by atoms with E-state index in [1.165, 1.54) is 0 Å². The second-order valence-corrected chi connectivity index (χ2v) is 4.17. The Bertz CT molecular complexity index is 332. The van der Waals surface area contributed by atoms with Crippen LogP contribution >= 0.6 is 34.8 Å². The number of nitrogens with one attached hydrogen (secondary N) is 1. The van der Waals surface area contributed by atoms with Crippen LogP contribution in [-0.4, -0.2) is 11.3 Å². The Morgan fingerprint density at radius 3 is 2.29 bits per heavy atom. The molecule has 1 aromatic carbocycles. The topological polar surface area (TPSA) is 29.1 Å². The Morgan fingerprint density at radius 1 is 1.36 bits per heavy atom. The summed E-state index contributed by atoms with van der Waals surface area (Å²) in [5, 5.41) is 2.70. The molecule has 76 valence electrons. The van der Waals surface area contributed by atoms with Crippen molar-refractivity contribution in [1.29, 1.82) is 0 Å². The normalized spacial score (nSPS) is 12.3. The molecule has 0 fully saturated rings. The van der Waals surface area contributed by atoms with Gasteiger partial charge in [-0.25, -0.2) is 0 Å². The van der Waals surface area contributed by atoms with Crippen molar-refractivity contribution >= 4 is 46.4 Å². The Hall–Kier alpha value is -0.440. The molecule has 1 aromatic rings. The first-order valence-electron chi connectivity index (χ1n) is 3.91. The molecule has 1 atom stereocenters. The van der Waals surface area contributed by atoms with Gasteiger partial charge >= 0.3 is 0 Å². The number of carbonyl (C=O) groups excluding carboxylic acids is 1. The van der Waals surface area contributed by atoms with Crippen molar-refractivity contribution < 1.29 is 4.79 Å². The second-order valence-electron chi connectivity index (χ2n) is 2.70. The maximum absolute atomic E-state index is 11.3. The number of hydrogen-bond acceptors (Lipinski definition) is 1. The van der Waals surface area contributed by atoms with Crippen LogP contribution in [0.4, 0.5) is 5.69 Å². The van der Waals surface area contributed by atoms with Crippen LogP contribution in [0.25, 0.3) is 0 Å². The van der Waals surface area contributed by atoms with Crippen LogP contribution in [0.2, 0.25) is 10.0 Å². The largest absolute Gasteiger partial charge is 0.322 e. The fraction of sp³-hybridized carbons (Fsp3) is 0.222. The van der Waals surface area contributed by atoms with Gasteiger partial charge in [0.25, 0.3) is 0 Å². The number of halogens is 3. The highest BCUT2D eigenvalue weighted by Gasteiger charge is 2.13. The van der Waals surface area contributed by atoms with Crippen molar-refractivity contribution in [3.8, 4) is 0 Å². The Labute approximate surface area is 97.1 Å². The minimum atomic E-state index is -0.623. The summed E-state index contributed by atoms with van der Waals surface area (Å²) in [6, 6.07) is 4.98. The lowest BCUT2D eigenvalue weighted by Crippen LogP contribution is -2.20. The molecule has 0 saturated heterocycles. The maximum atomic E-state index is 11.3. The SMILES string of the molecule is C[C@@H](Cl)C(=O)Nc1c(Cl)cccc1Cl. The molecule has 0 aliphatic carbocycles. The van der Waals surface area contributed by atoms with Gasteiger partial charge in [-0.1, -0.05) is 29.3 Å². The average Bonchev–Trinajstić information content (AvgIpc) is 2.11. The highest BCUT2D eigenvalue weighted by Crippen LogP contribution is 2.29. The van der Waals surface area contributed by atoms with Crippen LogP contribution in [0, 0.1) is 0 Å². The smallest absolute Gasteiger partial charge is 0.242 e. The first kappa shape index (κ1) is 11.6. The lowest BCUT2D eigenvalue weighted by atomic mass is 10.3. The Morgan fingerprint density at radius 2 is 1.86 bits per heavy atom. The minimum absolute atomic E-state index is 0.332. The van der Waals surface area contributed by atoms with E-state index in [0.29, 0.717) is 15.7 Å². The number of benzene rings is 1. The second kappa shape index (κ2) is 4.87. The highest BCUT2D eigenvalue weighted by atomic mass is 35.5. The lowest BCUT2D eigenvalue weighted by molar-refractivity contribution is -0.115.